The summed E-state index contributed by atoms with van der Waals surface area (Å²) in [4.78, 5) is 3.99. The highest BCUT2D eigenvalue weighted by atomic mass is 19.1. The van der Waals surface area contributed by atoms with Crippen LogP contribution < -0.4 is 9.80 Å². The van der Waals surface area contributed by atoms with Crippen molar-refractivity contribution in [2.24, 2.45) is 0 Å². The van der Waals surface area contributed by atoms with Crippen molar-refractivity contribution in [2.75, 3.05) is 9.80 Å². The first-order valence-electron chi connectivity index (χ1n) is 17.2. The van der Waals surface area contributed by atoms with Crippen molar-refractivity contribution in [3.63, 3.8) is 0 Å². The lowest BCUT2D eigenvalue weighted by atomic mass is 9.99. The SMILES string of the molecule is Fc1ccc(N(c2ccc(F)cc2)c2ccc3cc4c5ccc(N(c6ccc(F)cc6)c6ccc(F)cc6)cc5n5c6ccccc6c(c3c2)c45)cc1. The van der Waals surface area contributed by atoms with Gasteiger partial charge in [0.25, 0.3) is 0 Å². The maximum Gasteiger partial charge on any atom is 0.123 e. The molecule has 2 heterocycles. The van der Waals surface area contributed by atoms with E-state index in [0.717, 1.165) is 83.0 Å². The minimum absolute atomic E-state index is 0.340. The number of fused-ring (bicyclic) bond motifs is 8. The van der Waals surface area contributed by atoms with Crippen LogP contribution >= 0.6 is 0 Å². The van der Waals surface area contributed by atoms with E-state index in [-0.39, 0.29) is 23.3 Å². The van der Waals surface area contributed by atoms with Crippen LogP contribution in [0.3, 0.4) is 0 Å². The number of hydrogen-bond donors (Lipinski definition) is 0. The molecule has 10 aromatic rings. The van der Waals surface area contributed by atoms with Crippen molar-refractivity contribution in [2.45, 2.75) is 0 Å². The summed E-state index contributed by atoms with van der Waals surface area (Å²) in [6.07, 6.45) is 0. The second-order valence-electron chi connectivity index (χ2n) is 13.2. The second-order valence-corrected chi connectivity index (χ2v) is 13.2. The Morgan fingerprint density at radius 2 is 0.792 bits per heavy atom. The molecule has 7 heteroatoms. The molecule has 8 aromatic carbocycles. The average molecular weight is 698 g/mol. The Hall–Kier alpha value is -6.86. The van der Waals surface area contributed by atoms with Gasteiger partial charge < -0.3 is 14.2 Å². The van der Waals surface area contributed by atoms with E-state index in [1.54, 1.807) is 48.5 Å². The van der Waals surface area contributed by atoms with Crippen LogP contribution in [0.5, 0.6) is 0 Å². The highest BCUT2D eigenvalue weighted by Gasteiger charge is 2.23. The molecule has 254 valence electrons. The van der Waals surface area contributed by atoms with Gasteiger partial charge in [-0.1, -0.05) is 30.3 Å². The summed E-state index contributed by atoms with van der Waals surface area (Å²) in [7, 11) is 0. The Morgan fingerprint density at radius 1 is 0.340 bits per heavy atom. The van der Waals surface area contributed by atoms with Gasteiger partial charge in [-0.2, -0.15) is 0 Å². The number of anilines is 6. The third-order valence-corrected chi connectivity index (χ3v) is 10.1. The molecule has 0 spiro atoms. The number of rotatable bonds is 6. The van der Waals surface area contributed by atoms with E-state index >= 15 is 0 Å². The molecule has 0 bridgehead atoms. The van der Waals surface area contributed by atoms with Crippen molar-refractivity contribution in [3.05, 3.63) is 187 Å². The Kier molecular flexibility index (Phi) is 6.92. The summed E-state index contributed by atoms with van der Waals surface area (Å²) in [5, 5.41) is 6.45. The van der Waals surface area contributed by atoms with Crippen LogP contribution in [0.4, 0.5) is 51.7 Å². The van der Waals surface area contributed by atoms with Crippen LogP contribution in [0.2, 0.25) is 0 Å². The van der Waals surface area contributed by atoms with Gasteiger partial charge in [0.1, 0.15) is 23.3 Å². The average Bonchev–Trinajstić information content (AvgIpc) is 3.70. The summed E-state index contributed by atoms with van der Waals surface area (Å²) in [6.45, 7) is 0. The van der Waals surface area contributed by atoms with Crippen molar-refractivity contribution in [1.82, 2.24) is 4.40 Å². The molecule has 0 aliphatic heterocycles. The van der Waals surface area contributed by atoms with Crippen LogP contribution in [0.15, 0.2) is 164 Å². The third kappa shape index (κ3) is 4.96. The van der Waals surface area contributed by atoms with Gasteiger partial charge >= 0.3 is 0 Å². The molecular weight excluding hydrogens is 671 g/mol. The van der Waals surface area contributed by atoms with Gasteiger partial charge in [0, 0.05) is 55.7 Å². The Labute approximate surface area is 301 Å². The molecule has 0 fully saturated rings. The number of hydrogen-bond acceptors (Lipinski definition) is 2. The van der Waals surface area contributed by atoms with Crippen molar-refractivity contribution in [1.29, 1.82) is 0 Å². The molecule has 0 unspecified atom stereocenters. The Bertz CT molecular complexity index is 2760. The predicted molar refractivity (Wildman–Crippen MR) is 208 cm³/mol. The largest absolute Gasteiger partial charge is 0.310 e. The summed E-state index contributed by atoms with van der Waals surface area (Å²) in [5.74, 6) is -1.36. The van der Waals surface area contributed by atoms with Crippen molar-refractivity contribution < 1.29 is 17.6 Å². The van der Waals surface area contributed by atoms with Gasteiger partial charge in [0.15, 0.2) is 0 Å². The topological polar surface area (TPSA) is 10.9 Å². The summed E-state index contributed by atoms with van der Waals surface area (Å²) in [5.41, 5.74) is 7.74. The van der Waals surface area contributed by atoms with E-state index in [1.165, 1.54) is 48.5 Å². The first-order chi connectivity index (χ1) is 25.9. The lowest BCUT2D eigenvalue weighted by Crippen LogP contribution is -2.10. The number of para-hydroxylation sites is 1. The van der Waals surface area contributed by atoms with Crippen LogP contribution in [-0.4, -0.2) is 4.40 Å². The van der Waals surface area contributed by atoms with Gasteiger partial charge in [0.2, 0.25) is 0 Å². The quantitative estimate of drug-likeness (QED) is 0.160. The van der Waals surface area contributed by atoms with Gasteiger partial charge in [-0.3, -0.25) is 0 Å². The molecule has 2 aromatic heterocycles. The number of halogens is 4. The summed E-state index contributed by atoms with van der Waals surface area (Å²) >= 11 is 0. The van der Waals surface area contributed by atoms with E-state index in [4.69, 9.17) is 0 Å². The molecule has 0 radical (unpaired) electrons. The van der Waals surface area contributed by atoms with E-state index in [2.05, 4.69) is 46.9 Å². The fourth-order valence-corrected chi connectivity index (χ4v) is 7.80. The fraction of sp³-hybridized carbons (Fsp3) is 0. The zero-order chi connectivity index (χ0) is 35.8. The molecule has 0 amide bonds. The van der Waals surface area contributed by atoms with Crippen LogP contribution in [0.1, 0.15) is 0 Å². The maximum absolute atomic E-state index is 14.1. The maximum atomic E-state index is 14.1. The third-order valence-electron chi connectivity index (χ3n) is 10.1. The van der Waals surface area contributed by atoms with Crippen molar-refractivity contribution >= 4 is 83.0 Å². The predicted octanol–water partition coefficient (Wildman–Crippen LogP) is 13.5. The van der Waals surface area contributed by atoms with Crippen molar-refractivity contribution in [3.8, 4) is 0 Å². The molecule has 0 atom stereocenters. The normalized spacial score (nSPS) is 11.8. The first-order valence-corrected chi connectivity index (χ1v) is 17.2. The number of nitrogens with zero attached hydrogens (tertiary/aromatic N) is 3. The Balaban J connectivity index is 1.23. The second kappa shape index (κ2) is 11.9. The molecular formula is C46H27F4N3. The molecule has 0 aliphatic carbocycles. The van der Waals surface area contributed by atoms with Crippen LogP contribution in [-0.2, 0) is 0 Å². The number of benzene rings is 8. The van der Waals surface area contributed by atoms with E-state index in [9.17, 15) is 17.6 Å². The summed E-state index contributed by atoms with van der Waals surface area (Å²) in [6, 6.07) is 48.3. The highest BCUT2D eigenvalue weighted by Crippen LogP contribution is 2.46. The summed E-state index contributed by atoms with van der Waals surface area (Å²) < 4.78 is 58.6. The van der Waals surface area contributed by atoms with E-state index < -0.39 is 0 Å². The number of aromatic nitrogens is 1. The molecule has 0 N–H and O–H groups in total. The fourth-order valence-electron chi connectivity index (χ4n) is 7.80. The molecule has 0 aliphatic rings. The lowest BCUT2D eigenvalue weighted by Gasteiger charge is -2.26. The van der Waals surface area contributed by atoms with E-state index in [1.807, 2.05) is 34.1 Å². The zero-order valence-electron chi connectivity index (χ0n) is 27.9. The van der Waals surface area contributed by atoms with Gasteiger partial charge in [-0.25, -0.2) is 17.6 Å². The highest BCUT2D eigenvalue weighted by molar-refractivity contribution is 6.31. The minimum atomic E-state index is -0.341. The molecule has 53 heavy (non-hydrogen) atoms. The van der Waals surface area contributed by atoms with E-state index in [0.29, 0.717) is 0 Å². The minimum Gasteiger partial charge on any atom is -0.310 e. The van der Waals surface area contributed by atoms with Crippen LogP contribution in [0.25, 0.3) is 48.9 Å². The molecule has 10 rings (SSSR count). The smallest absolute Gasteiger partial charge is 0.123 e. The molecule has 0 saturated carbocycles. The van der Waals surface area contributed by atoms with Gasteiger partial charge in [-0.15, -0.1) is 0 Å². The molecule has 0 saturated heterocycles. The monoisotopic (exact) mass is 697 g/mol. The molecule has 3 nitrogen and oxygen atoms in total. The van der Waals surface area contributed by atoms with Crippen LogP contribution in [0, 0.1) is 23.3 Å². The van der Waals surface area contributed by atoms with Gasteiger partial charge in [-0.05, 0) is 144 Å². The zero-order valence-corrected chi connectivity index (χ0v) is 27.9. The van der Waals surface area contributed by atoms with Gasteiger partial charge in [0.05, 0.1) is 16.6 Å². The Morgan fingerprint density at radius 3 is 1.32 bits per heavy atom. The standard InChI is InChI=1S/C46H27F4N3/c47-29-6-15-33(16-7-29)51(34-17-8-30(48)9-18-34)37-14-5-28-25-42-39-24-23-38(52(35-19-10-31(49)11-20-35)36-21-12-32(50)13-22-36)27-44(39)53-43-4-2-1-3-40(43)45(46(42)53)41(28)26-37/h1-27H. The first kappa shape index (κ1) is 30.9. The lowest BCUT2D eigenvalue weighted by molar-refractivity contribution is 0.627.